The maximum atomic E-state index is 6.32. The maximum absolute atomic E-state index is 6.32. The molecule has 0 nitrogen and oxygen atoms in total. The minimum absolute atomic E-state index is 0.406. The average Bonchev–Trinajstić information content (AvgIpc) is 2.27. The molecule has 0 aromatic carbocycles. The molecule has 0 aromatic rings. The molecule has 0 aliphatic heterocycles. The average molecular weight is 239 g/mol. The van der Waals surface area contributed by atoms with Gasteiger partial charge in [-0.05, 0) is 54.8 Å². The van der Waals surface area contributed by atoms with Gasteiger partial charge < -0.3 is 0 Å². The van der Waals surface area contributed by atoms with Crippen LogP contribution in [0.25, 0.3) is 0 Å². The highest BCUT2D eigenvalue weighted by molar-refractivity contribution is 6.20. The maximum Gasteiger partial charge on any atom is 0.0373 e. The quantitative estimate of drug-likeness (QED) is 0.426. The van der Waals surface area contributed by atoms with Gasteiger partial charge in [0.1, 0.15) is 0 Å². The SMILES string of the molecule is CC1C(C)C2C1CC=C1C[C@@H](Cl)CC[C@@]12C. The predicted molar refractivity (Wildman–Crippen MR) is 69.6 cm³/mol. The summed E-state index contributed by atoms with van der Waals surface area (Å²) >= 11 is 6.32. The molecule has 3 rings (SSSR count). The molecule has 0 spiro atoms. The van der Waals surface area contributed by atoms with Crippen LogP contribution in [0.1, 0.15) is 46.5 Å². The van der Waals surface area contributed by atoms with Crippen molar-refractivity contribution in [3.63, 3.8) is 0 Å². The van der Waals surface area contributed by atoms with Crippen molar-refractivity contribution in [2.24, 2.45) is 29.1 Å². The van der Waals surface area contributed by atoms with Crippen LogP contribution in [0.4, 0.5) is 0 Å². The van der Waals surface area contributed by atoms with Crippen LogP contribution in [-0.2, 0) is 0 Å². The fourth-order valence-electron chi connectivity index (χ4n) is 4.87. The van der Waals surface area contributed by atoms with Gasteiger partial charge in [-0.1, -0.05) is 32.4 Å². The standard InChI is InChI=1S/C15H23Cl/c1-9-10(2)14-13(9)5-4-11-8-12(16)6-7-15(11,14)3/h4,9-10,12-14H,5-8H2,1-3H3/t9?,10?,12-,13?,14?,15-/m0/s1. The van der Waals surface area contributed by atoms with Gasteiger partial charge in [0, 0.05) is 5.38 Å². The number of halogens is 1. The molecule has 6 atom stereocenters. The van der Waals surface area contributed by atoms with E-state index in [4.69, 9.17) is 11.6 Å². The number of fused-ring (bicyclic) bond motifs is 3. The summed E-state index contributed by atoms with van der Waals surface area (Å²) in [5.41, 5.74) is 2.19. The number of alkyl halides is 1. The third-order valence-electron chi connectivity index (χ3n) is 6.06. The van der Waals surface area contributed by atoms with Gasteiger partial charge in [0.05, 0.1) is 0 Å². The minimum atomic E-state index is 0.406. The molecule has 0 saturated heterocycles. The summed E-state index contributed by atoms with van der Waals surface area (Å²) in [4.78, 5) is 0. The van der Waals surface area contributed by atoms with E-state index in [0.717, 1.165) is 30.1 Å². The van der Waals surface area contributed by atoms with Crippen LogP contribution >= 0.6 is 11.6 Å². The molecular weight excluding hydrogens is 216 g/mol. The molecule has 3 aliphatic carbocycles. The molecule has 0 N–H and O–H groups in total. The van der Waals surface area contributed by atoms with Crippen molar-refractivity contribution in [3.05, 3.63) is 11.6 Å². The molecular formula is C15H23Cl. The van der Waals surface area contributed by atoms with E-state index in [1.54, 1.807) is 5.57 Å². The summed E-state index contributed by atoms with van der Waals surface area (Å²) in [6.07, 6.45) is 7.57. The van der Waals surface area contributed by atoms with Crippen molar-refractivity contribution in [3.8, 4) is 0 Å². The van der Waals surface area contributed by atoms with Crippen LogP contribution in [0, 0.1) is 29.1 Å². The number of allylic oxidation sites excluding steroid dienone is 2. The molecule has 1 heteroatoms. The Bertz CT molecular complexity index is 332. The highest BCUT2D eigenvalue weighted by Gasteiger charge is 2.56. The molecule has 3 aliphatic rings. The van der Waals surface area contributed by atoms with E-state index in [1.165, 1.54) is 19.3 Å². The van der Waals surface area contributed by atoms with Gasteiger partial charge in [0.2, 0.25) is 0 Å². The van der Waals surface area contributed by atoms with Crippen LogP contribution < -0.4 is 0 Å². The van der Waals surface area contributed by atoms with Gasteiger partial charge in [-0.3, -0.25) is 0 Å². The van der Waals surface area contributed by atoms with Crippen molar-refractivity contribution in [1.82, 2.24) is 0 Å². The van der Waals surface area contributed by atoms with Crippen molar-refractivity contribution < 1.29 is 0 Å². The lowest BCUT2D eigenvalue weighted by Gasteiger charge is -2.62. The van der Waals surface area contributed by atoms with E-state index in [9.17, 15) is 0 Å². The number of hydrogen-bond donors (Lipinski definition) is 0. The van der Waals surface area contributed by atoms with Gasteiger partial charge in [0.25, 0.3) is 0 Å². The Morgan fingerprint density at radius 2 is 2.06 bits per heavy atom. The first-order valence-corrected chi connectivity index (χ1v) is 7.31. The Morgan fingerprint density at radius 3 is 2.81 bits per heavy atom. The largest absolute Gasteiger partial charge is 0.123 e. The third kappa shape index (κ3) is 1.29. The van der Waals surface area contributed by atoms with E-state index in [-0.39, 0.29) is 0 Å². The van der Waals surface area contributed by atoms with Crippen LogP contribution in [0.2, 0.25) is 0 Å². The van der Waals surface area contributed by atoms with Crippen molar-refractivity contribution in [2.75, 3.05) is 0 Å². The van der Waals surface area contributed by atoms with E-state index in [1.807, 2.05) is 0 Å². The lowest BCUT2D eigenvalue weighted by Crippen LogP contribution is -2.55. The molecule has 0 aromatic heterocycles. The Balaban J connectivity index is 1.93. The summed E-state index contributed by atoms with van der Waals surface area (Å²) in [6, 6.07) is 0. The smallest absolute Gasteiger partial charge is 0.0373 e. The molecule has 0 bridgehead atoms. The highest BCUT2D eigenvalue weighted by Crippen LogP contribution is 2.64. The molecule has 90 valence electrons. The predicted octanol–water partition coefficient (Wildman–Crippen LogP) is 4.63. The lowest BCUT2D eigenvalue weighted by molar-refractivity contribution is -0.0843. The van der Waals surface area contributed by atoms with E-state index in [0.29, 0.717) is 10.8 Å². The summed E-state index contributed by atoms with van der Waals surface area (Å²) in [5.74, 6) is 3.78. The van der Waals surface area contributed by atoms with Gasteiger partial charge in [-0.15, -0.1) is 11.6 Å². The Labute approximate surface area is 104 Å². The first-order chi connectivity index (χ1) is 7.54. The van der Waals surface area contributed by atoms with Crippen LogP contribution in [0.5, 0.6) is 0 Å². The normalized spacial score (nSPS) is 55.8. The first kappa shape index (κ1) is 11.1. The van der Waals surface area contributed by atoms with Gasteiger partial charge in [-0.25, -0.2) is 0 Å². The van der Waals surface area contributed by atoms with Gasteiger partial charge in [-0.2, -0.15) is 0 Å². The summed E-state index contributed by atoms with van der Waals surface area (Å²) in [5, 5.41) is 0.406. The van der Waals surface area contributed by atoms with Gasteiger partial charge >= 0.3 is 0 Å². The zero-order chi connectivity index (χ0) is 11.5. The minimum Gasteiger partial charge on any atom is -0.123 e. The monoisotopic (exact) mass is 238 g/mol. The molecule has 2 saturated carbocycles. The van der Waals surface area contributed by atoms with Crippen LogP contribution in [0.15, 0.2) is 11.6 Å². The molecule has 4 unspecified atom stereocenters. The second kappa shape index (κ2) is 3.51. The van der Waals surface area contributed by atoms with E-state index in [2.05, 4.69) is 26.8 Å². The van der Waals surface area contributed by atoms with Crippen molar-refractivity contribution in [1.29, 1.82) is 0 Å². The molecule has 0 radical (unpaired) electrons. The Kier molecular flexibility index (Phi) is 2.44. The summed E-state index contributed by atoms with van der Waals surface area (Å²) in [6.45, 7) is 7.43. The number of hydrogen-bond acceptors (Lipinski definition) is 0. The van der Waals surface area contributed by atoms with E-state index >= 15 is 0 Å². The fraction of sp³-hybridized carbons (Fsp3) is 0.867. The zero-order valence-corrected chi connectivity index (χ0v) is 11.4. The molecule has 0 heterocycles. The second-order valence-corrected chi connectivity index (χ2v) is 7.25. The van der Waals surface area contributed by atoms with Crippen molar-refractivity contribution in [2.45, 2.75) is 51.8 Å². The fourth-order valence-corrected chi connectivity index (χ4v) is 5.14. The summed E-state index contributed by atoms with van der Waals surface area (Å²) < 4.78 is 0. The first-order valence-electron chi connectivity index (χ1n) is 6.87. The Hall–Kier alpha value is 0.0300. The Morgan fingerprint density at radius 1 is 1.31 bits per heavy atom. The van der Waals surface area contributed by atoms with E-state index < -0.39 is 0 Å². The van der Waals surface area contributed by atoms with Crippen molar-refractivity contribution >= 4 is 11.6 Å². The number of rotatable bonds is 0. The summed E-state index contributed by atoms with van der Waals surface area (Å²) in [7, 11) is 0. The lowest BCUT2D eigenvalue weighted by atomic mass is 9.43. The second-order valence-electron chi connectivity index (χ2n) is 6.63. The zero-order valence-electron chi connectivity index (χ0n) is 10.7. The third-order valence-corrected chi connectivity index (χ3v) is 6.43. The molecule has 2 fully saturated rings. The van der Waals surface area contributed by atoms with Crippen LogP contribution in [0.3, 0.4) is 0 Å². The molecule has 0 amide bonds. The van der Waals surface area contributed by atoms with Crippen LogP contribution in [-0.4, -0.2) is 5.38 Å². The highest BCUT2D eigenvalue weighted by atomic mass is 35.5. The topological polar surface area (TPSA) is 0 Å². The molecule has 16 heavy (non-hydrogen) atoms. The van der Waals surface area contributed by atoms with Gasteiger partial charge in [0.15, 0.2) is 0 Å².